The standard InChI is InChI=1S/C30H28N2O5/c1-37-22-11-7-10-20(16-22)30-29-24(17-21(18-26(29)33)19-8-3-2-4-9-19)31-23-12-5-6-13-25(23)32(30)27(34)14-15-28(35)36/h2-13,16-17,21,29-31H,14-15,18H2,1H3,(H,35,36). The van der Waals surface area contributed by atoms with Crippen molar-refractivity contribution >= 4 is 29.0 Å². The fourth-order valence-corrected chi connectivity index (χ4v) is 5.31. The van der Waals surface area contributed by atoms with Gasteiger partial charge in [-0.2, -0.15) is 0 Å². The van der Waals surface area contributed by atoms with Crippen LogP contribution in [0.1, 0.15) is 42.3 Å². The highest BCUT2D eigenvalue weighted by atomic mass is 16.5. The molecule has 0 radical (unpaired) electrons. The zero-order chi connectivity index (χ0) is 25.9. The summed E-state index contributed by atoms with van der Waals surface area (Å²) in [5, 5.41) is 12.7. The van der Waals surface area contributed by atoms with Gasteiger partial charge < -0.3 is 20.1 Å². The molecule has 188 valence electrons. The first kappa shape index (κ1) is 24.3. The average molecular weight is 497 g/mol. The number of aliphatic carboxylic acids is 1. The van der Waals surface area contributed by atoms with Crippen LogP contribution in [0.2, 0.25) is 0 Å². The monoisotopic (exact) mass is 496 g/mol. The van der Waals surface area contributed by atoms with Crippen molar-refractivity contribution in [3.8, 4) is 5.75 Å². The second kappa shape index (κ2) is 10.3. The van der Waals surface area contributed by atoms with E-state index in [2.05, 4.69) is 11.4 Å². The van der Waals surface area contributed by atoms with Crippen LogP contribution in [0, 0.1) is 5.92 Å². The minimum absolute atomic E-state index is 0.00973. The van der Waals surface area contributed by atoms with E-state index in [-0.39, 0.29) is 30.4 Å². The normalized spacial score (nSPS) is 20.6. The lowest BCUT2D eigenvalue weighted by Gasteiger charge is -2.37. The molecule has 0 spiro atoms. The number of rotatable bonds is 6. The molecule has 7 heteroatoms. The van der Waals surface area contributed by atoms with E-state index in [1.54, 1.807) is 12.0 Å². The van der Waals surface area contributed by atoms with Gasteiger partial charge in [-0.25, -0.2) is 0 Å². The lowest BCUT2D eigenvalue weighted by molar-refractivity contribution is -0.138. The van der Waals surface area contributed by atoms with Crippen LogP contribution in [0.3, 0.4) is 0 Å². The molecule has 3 atom stereocenters. The van der Waals surface area contributed by atoms with Crippen LogP contribution >= 0.6 is 0 Å². The number of hydrogen-bond donors (Lipinski definition) is 2. The summed E-state index contributed by atoms with van der Waals surface area (Å²) in [6.45, 7) is 0. The Kier molecular flexibility index (Phi) is 6.77. The zero-order valence-electron chi connectivity index (χ0n) is 20.5. The van der Waals surface area contributed by atoms with Crippen LogP contribution in [0.4, 0.5) is 11.4 Å². The number of fused-ring (bicyclic) bond motifs is 2. The number of benzene rings is 3. The Morgan fingerprint density at radius 2 is 1.70 bits per heavy atom. The summed E-state index contributed by atoms with van der Waals surface area (Å²) < 4.78 is 5.46. The molecule has 2 N–H and O–H groups in total. The van der Waals surface area contributed by atoms with E-state index >= 15 is 0 Å². The molecule has 2 aliphatic rings. The van der Waals surface area contributed by atoms with E-state index in [1.165, 1.54) is 0 Å². The van der Waals surface area contributed by atoms with Crippen molar-refractivity contribution in [1.82, 2.24) is 0 Å². The van der Waals surface area contributed by atoms with Crippen molar-refractivity contribution in [2.75, 3.05) is 17.3 Å². The number of nitrogens with one attached hydrogen (secondary N) is 1. The van der Waals surface area contributed by atoms with Gasteiger partial charge in [0, 0.05) is 24.5 Å². The van der Waals surface area contributed by atoms with E-state index in [9.17, 15) is 19.5 Å². The topological polar surface area (TPSA) is 95.9 Å². The summed E-state index contributed by atoms with van der Waals surface area (Å²) >= 11 is 0. The third kappa shape index (κ3) is 4.85. The molecular formula is C30H28N2O5. The molecule has 1 amide bonds. The molecule has 3 aromatic rings. The quantitative estimate of drug-likeness (QED) is 0.480. The molecule has 0 saturated carbocycles. The van der Waals surface area contributed by atoms with E-state index in [4.69, 9.17) is 4.74 Å². The van der Waals surface area contributed by atoms with E-state index < -0.39 is 17.9 Å². The van der Waals surface area contributed by atoms with Gasteiger partial charge in [0.25, 0.3) is 0 Å². The van der Waals surface area contributed by atoms with Gasteiger partial charge >= 0.3 is 5.97 Å². The van der Waals surface area contributed by atoms with Crippen LogP contribution in [-0.4, -0.2) is 29.9 Å². The number of carboxylic acid groups (broad SMARTS) is 1. The molecule has 1 aliphatic heterocycles. The predicted octanol–water partition coefficient (Wildman–Crippen LogP) is 5.32. The van der Waals surface area contributed by atoms with Crippen molar-refractivity contribution in [3.63, 3.8) is 0 Å². The SMILES string of the molecule is COc1cccc(C2C3C(=O)CC(c4ccccc4)C=C3Nc3ccccc3N2C(=O)CCC(=O)O)c1. The number of allylic oxidation sites excluding steroid dienone is 1. The number of amides is 1. The fourth-order valence-electron chi connectivity index (χ4n) is 5.31. The third-order valence-electron chi connectivity index (χ3n) is 7.00. The van der Waals surface area contributed by atoms with E-state index in [0.29, 0.717) is 23.5 Å². The Labute approximate surface area is 215 Å². The van der Waals surface area contributed by atoms with Crippen LogP contribution in [0.25, 0.3) is 0 Å². The molecule has 1 heterocycles. The number of ether oxygens (including phenoxy) is 1. The van der Waals surface area contributed by atoms with Gasteiger partial charge in [-0.05, 0) is 35.4 Å². The predicted molar refractivity (Wildman–Crippen MR) is 141 cm³/mol. The summed E-state index contributed by atoms with van der Waals surface area (Å²) in [5.74, 6) is -1.54. The Hall–Kier alpha value is -4.39. The van der Waals surface area contributed by atoms with Crippen molar-refractivity contribution in [2.24, 2.45) is 5.92 Å². The van der Waals surface area contributed by atoms with Crippen molar-refractivity contribution in [2.45, 2.75) is 31.2 Å². The van der Waals surface area contributed by atoms with Crippen LogP contribution in [-0.2, 0) is 14.4 Å². The van der Waals surface area contributed by atoms with Crippen LogP contribution in [0.15, 0.2) is 90.6 Å². The van der Waals surface area contributed by atoms with Gasteiger partial charge in [-0.1, -0.05) is 60.7 Å². The molecule has 0 saturated heterocycles. The number of carbonyl (C=O) groups is 3. The maximum absolute atomic E-state index is 13.9. The number of para-hydroxylation sites is 2. The Morgan fingerprint density at radius 3 is 2.46 bits per heavy atom. The van der Waals surface area contributed by atoms with Gasteiger partial charge in [-0.15, -0.1) is 0 Å². The largest absolute Gasteiger partial charge is 0.497 e. The molecule has 37 heavy (non-hydrogen) atoms. The van der Waals surface area contributed by atoms with Gasteiger partial charge in [0.05, 0.1) is 36.9 Å². The highest BCUT2D eigenvalue weighted by Crippen LogP contribution is 2.48. The first-order valence-electron chi connectivity index (χ1n) is 12.3. The summed E-state index contributed by atoms with van der Waals surface area (Å²) in [4.78, 5) is 40.6. The number of nitrogens with zero attached hydrogens (tertiary/aromatic N) is 1. The molecule has 7 nitrogen and oxygen atoms in total. The smallest absolute Gasteiger partial charge is 0.303 e. The number of hydrogen-bond acceptors (Lipinski definition) is 5. The van der Waals surface area contributed by atoms with Crippen LogP contribution < -0.4 is 15.0 Å². The fraction of sp³-hybridized carbons (Fsp3) is 0.233. The Bertz CT molecular complexity index is 1370. The highest BCUT2D eigenvalue weighted by molar-refractivity contribution is 6.02. The maximum atomic E-state index is 13.9. The number of anilines is 2. The van der Waals surface area contributed by atoms with Gasteiger partial charge in [0.1, 0.15) is 11.5 Å². The zero-order valence-corrected chi connectivity index (χ0v) is 20.5. The minimum Gasteiger partial charge on any atom is -0.497 e. The number of Topliss-reactive ketones (excluding diaryl/α,β-unsaturated/α-hetero) is 1. The van der Waals surface area contributed by atoms with Gasteiger partial charge in [0.15, 0.2) is 0 Å². The first-order valence-corrected chi connectivity index (χ1v) is 12.3. The second-order valence-corrected chi connectivity index (χ2v) is 9.31. The summed E-state index contributed by atoms with van der Waals surface area (Å²) in [5.41, 5.74) is 3.82. The number of carbonyl (C=O) groups excluding carboxylic acids is 2. The molecule has 0 aromatic heterocycles. The van der Waals surface area contributed by atoms with Gasteiger partial charge in [-0.3, -0.25) is 14.4 Å². The van der Waals surface area contributed by atoms with E-state index in [0.717, 1.165) is 16.8 Å². The lowest BCUT2D eigenvalue weighted by atomic mass is 9.76. The average Bonchev–Trinajstić information content (AvgIpc) is 3.07. The number of carboxylic acids is 1. The summed E-state index contributed by atoms with van der Waals surface area (Å²) in [7, 11) is 1.57. The molecule has 0 bridgehead atoms. The number of ketones is 1. The molecule has 5 rings (SSSR count). The molecule has 0 fully saturated rings. The third-order valence-corrected chi connectivity index (χ3v) is 7.00. The second-order valence-electron chi connectivity index (χ2n) is 9.31. The first-order chi connectivity index (χ1) is 18.0. The Morgan fingerprint density at radius 1 is 0.973 bits per heavy atom. The van der Waals surface area contributed by atoms with Crippen molar-refractivity contribution in [1.29, 1.82) is 0 Å². The molecular weight excluding hydrogens is 468 g/mol. The van der Waals surface area contributed by atoms with Crippen molar-refractivity contribution in [3.05, 3.63) is 102 Å². The minimum atomic E-state index is -1.05. The summed E-state index contributed by atoms with van der Waals surface area (Å²) in [6, 6.07) is 24.0. The van der Waals surface area contributed by atoms with Crippen molar-refractivity contribution < 1.29 is 24.2 Å². The van der Waals surface area contributed by atoms with Gasteiger partial charge in [0.2, 0.25) is 5.91 Å². The Balaban J connectivity index is 1.70. The highest BCUT2D eigenvalue weighted by Gasteiger charge is 2.45. The molecule has 3 aromatic carbocycles. The molecule has 1 aliphatic carbocycles. The summed E-state index contributed by atoms with van der Waals surface area (Å²) in [6.07, 6.45) is 1.91. The lowest BCUT2D eigenvalue weighted by Crippen LogP contribution is -2.42. The van der Waals surface area contributed by atoms with Crippen LogP contribution in [0.5, 0.6) is 5.75 Å². The maximum Gasteiger partial charge on any atom is 0.303 e. The van der Waals surface area contributed by atoms with E-state index in [1.807, 2.05) is 78.9 Å². The molecule has 3 unspecified atom stereocenters. The number of methoxy groups -OCH3 is 1.